The molecule has 1 rings (SSSR count). The molecule has 0 radical (unpaired) electrons. The third kappa shape index (κ3) is 0.841. The zero-order valence-corrected chi connectivity index (χ0v) is 5.83. The number of aliphatic hydroxyl groups is 2. The molecule has 1 aliphatic carbocycles. The molecule has 0 spiro atoms. The van der Waals surface area contributed by atoms with E-state index in [9.17, 15) is 10.2 Å². The topological polar surface area (TPSA) is 40.5 Å². The smallest absolute Gasteiger partial charge is 0.158 e. The van der Waals surface area contributed by atoms with Gasteiger partial charge in [-0.1, -0.05) is 12.0 Å². The van der Waals surface area contributed by atoms with E-state index in [1.165, 1.54) is 0 Å². The van der Waals surface area contributed by atoms with Crippen LogP contribution in [0.2, 0.25) is 0 Å². The van der Waals surface area contributed by atoms with E-state index in [4.69, 9.17) is 6.42 Å². The maximum absolute atomic E-state index is 9.40. The van der Waals surface area contributed by atoms with Crippen molar-refractivity contribution in [2.24, 2.45) is 0 Å². The van der Waals surface area contributed by atoms with Gasteiger partial charge in [0.15, 0.2) is 5.60 Å². The van der Waals surface area contributed by atoms with Crippen molar-refractivity contribution < 1.29 is 10.2 Å². The second-order valence-electron chi connectivity index (χ2n) is 2.62. The normalized spacial score (nSPS) is 39.0. The van der Waals surface area contributed by atoms with Gasteiger partial charge in [0, 0.05) is 6.42 Å². The Bertz CT molecular complexity index is 212. The number of terminal acetylenes is 1. The van der Waals surface area contributed by atoms with Crippen LogP contribution in [0, 0.1) is 12.3 Å². The molecule has 0 aromatic rings. The van der Waals surface area contributed by atoms with E-state index in [1.807, 2.05) is 0 Å². The predicted octanol–water partition coefficient (Wildman–Crippen LogP) is 0.0616. The van der Waals surface area contributed by atoms with Crippen molar-refractivity contribution in [3.05, 3.63) is 11.6 Å². The van der Waals surface area contributed by atoms with Gasteiger partial charge in [-0.3, -0.25) is 0 Å². The van der Waals surface area contributed by atoms with E-state index in [0.717, 1.165) is 5.57 Å². The van der Waals surface area contributed by atoms with E-state index >= 15 is 0 Å². The summed E-state index contributed by atoms with van der Waals surface area (Å²) in [4.78, 5) is 0. The zero-order valence-electron chi connectivity index (χ0n) is 5.83. The first-order chi connectivity index (χ1) is 4.60. The highest BCUT2D eigenvalue weighted by atomic mass is 16.3. The summed E-state index contributed by atoms with van der Waals surface area (Å²) in [5.41, 5.74) is -0.593. The summed E-state index contributed by atoms with van der Waals surface area (Å²) in [6.45, 7) is 1.75. The highest BCUT2D eigenvalue weighted by Crippen LogP contribution is 2.28. The first kappa shape index (κ1) is 7.33. The van der Waals surface area contributed by atoms with Crippen LogP contribution in [0.1, 0.15) is 13.3 Å². The maximum Gasteiger partial charge on any atom is 0.158 e. The molecule has 10 heavy (non-hydrogen) atoms. The molecule has 0 bridgehead atoms. The Morgan fingerprint density at radius 1 is 1.90 bits per heavy atom. The van der Waals surface area contributed by atoms with Crippen molar-refractivity contribution in [2.75, 3.05) is 0 Å². The molecule has 0 fully saturated rings. The second-order valence-corrected chi connectivity index (χ2v) is 2.62. The molecule has 0 heterocycles. The van der Waals surface area contributed by atoms with Gasteiger partial charge in [-0.05, 0) is 12.5 Å². The Morgan fingerprint density at radius 3 is 2.70 bits per heavy atom. The SMILES string of the molecule is C#C[C@]1(O)CC=C(C)[C@H]1O. The monoisotopic (exact) mass is 138 g/mol. The average Bonchev–Trinajstić information content (AvgIpc) is 2.19. The van der Waals surface area contributed by atoms with Crippen LogP contribution in [0.4, 0.5) is 0 Å². The second kappa shape index (κ2) is 2.12. The van der Waals surface area contributed by atoms with Gasteiger partial charge in [-0.25, -0.2) is 0 Å². The molecule has 0 aliphatic heterocycles. The molecule has 2 atom stereocenters. The third-order valence-electron chi connectivity index (χ3n) is 1.87. The zero-order chi connectivity index (χ0) is 7.78. The summed E-state index contributed by atoms with van der Waals surface area (Å²) in [5, 5.41) is 18.7. The molecular weight excluding hydrogens is 128 g/mol. The molecule has 54 valence electrons. The molecule has 1 aliphatic rings. The summed E-state index contributed by atoms with van der Waals surface area (Å²) >= 11 is 0. The van der Waals surface area contributed by atoms with Crippen molar-refractivity contribution in [2.45, 2.75) is 25.0 Å². The summed E-state index contributed by atoms with van der Waals surface area (Å²) in [7, 11) is 0. The van der Waals surface area contributed by atoms with Crippen molar-refractivity contribution >= 4 is 0 Å². The van der Waals surface area contributed by atoms with Gasteiger partial charge in [0.2, 0.25) is 0 Å². The Balaban J connectivity index is 2.85. The van der Waals surface area contributed by atoms with Crippen molar-refractivity contribution in [1.82, 2.24) is 0 Å². The molecule has 0 saturated carbocycles. The van der Waals surface area contributed by atoms with Crippen LogP contribution in [0.25, 0.3) is 0 Å². The Morgan fingerprint density at radius 2 is 2.50 bits per heavy atom. The lowest BCUT2D eigenvalue weighted by Gasteiger charge is -2.20. The molecule has 2 heteroatoms. The Kier molecular flexibility index (Phi) is 1.55. The summed E-state index contributed by atoms with van der Waals surface area (Å²) in [6.07, 6.45) is 6.26. The quantitative estimate of drug-likeness (QED) is 0.367. The lowest BCUT2D eigenvalue weighted by atomic mass is 9.98. The number of rotatable bonds is 0. The van der Waals surface area contributed by atoms with Gasteiger partial charge in [-0.15, -0.1) is 6.42 Å². The Labute approximate surface area is 60.2 Å². The fraction of sp³-hybridized carbons (Fsp3) is 0.500. The van der Waals surface area contributed by atoms with Crippen molar-refractivity contribution in [3.63, 3.8) is 0 Å². The minimum absolute atomic E-state index is 0.358. The Hall–Kier alpha value is -0.780. The molecule has 2 nitrogen and oxygen atoms in total. The lowest BCUT2D eigenvalue weighted by Crippen LogP contribution is -2.37. The van der Waals surface area contributed by atoms with Crippen LogP contribution in [-0.2, 0) is 0 Å². The van der Waals surface area contributed by atoms with Gasteiger partial charge in [0.05, 0.1) is 0 Å². The van der Waals surface area contributed by atoms with Crippen LogP contribution in [0.15, 0.2) is 11.6 Å². The van der Waals surface area contributed by atoms with Gasteiger partial charge in [0.25, 0.3) is 0 Å². The van der Waals surface area contributed by atoms with Gasteiger partial charge < -0.3 is 10.2 Å². The van der Waals surface area contributed by atoms with Gasteiger partial charge in [-0.2, -0.15) is 0 Å². The molecule has 2 N–H and O–H groups in total. The maximum atomic E-state index is 9.40. The predicted molar refractivity (Wildman–Crippen MR) is 38.2 cm³/mol. The van der Waals surface area contributed by atoms with Crippen molar-refractivity contribution in [1.29, 1.82) is 0 Å². The first-order valence-corrected chi connectivity index (χ1v) is 3.15. The fourth-order valence-corrected chi connectivity index (χ4v) is 1.05. The van der Waals surface area contributed by atoms with Crippen LogP contribution >= 0.6 is 0 Å². The molecule has 0 aromatic heterocycles. The number of hydrogen-bond donors (Lipinski definition) is 2. The third-order valence-corrected chi connectivity index (χ3v) is 1.87. The molecular formula is C8H10O2. The minimum Gasteiger partial charge on any atom is -0.385 e. The van der Waals surface area contributed by atoms with Crippen molar-refractivity contribution in [3.8, 4) is 12.3 Å². The number of aliphatic hydroxyl groups excluding tert-OH is 1. The highest BCUT2D eigenvalue weighted by Gasteiger charge is 2.37. The van der Waals surface area contributed by atoms with E-state index in [2.05, 4.69) is 5.92 Å². The highest BCUT2D eigenvalue weighted by molar-refractivity contribution is 5.29. The summed E-state index contributed by atoms with van der Waals surface area (Å²) in [5.74, 6) is 2.17. The molecule has 0 aromatic carbocycles. The van der Waals surface area contributed by atoms with Gasteiger partial charge >= 0.3 is 0 Å². The lowest BCUT2D eigenvalue weighted by molar-refractivity contribution is 0.00149. The molecule has 0 unspecified atom stereocenters. The van der Waals surface area contributed by atoms with E-state index in [0.29, 0.717) is 6.42 Å². The standard InChI is InChI=1S/C8H10O2/c1-3-8(10)5-4-6(2)7(8)9/h1,4,7,9-10H,5H2,2H3/t7-,8+/m1/s1. The van der Waals surface area contributed by atoms with Crippen LogP contribution in [0.5, 0.6) is 0 Å². The van der Waals surface area contributed by atoms with Crippen LogP contribution < -0.4 is 0 Å². The van der Waals surface area contributed by atoms with Gasteiger partial charge in [0.1, 0.15) is 6.10 Å². The van der Waals surface area contributed by atoms with E-state index < -0.39 is 11.7 Å². The van der Waals surface area contributed by atoms with E-state index in [1.54, 1.807) is 13.0 Å². The summed E-state index contributed by atoms with van der Waals surface area (Å²) < 4.78 is 0. The fourth-order valence-electron chi connectivity index (χ4n) is 1.05. The van der Waals surface area contributed by atoms with E-state index in [-0.39, 0.29) is 0 Å². The van der Waals surface area contributed by atoms with Crippen LogP contribution in [-0.4, -0.2) is 21.9 Å². The van der Waals surface area contributed by atoms with Crippen LogP contribution in [0.3, 0.4) is 0 Å². The molecule has 0 saturated heterocycles. The first-order valence-electron chi connectivity index (χ1n) is 3.15. The minimum atomic E-state index is -1.34. The largest absolute Gasteiger partial charge is 0.385 e. The average molecular weight is 138 g/mol. The number of hydrogen-bond acceptors (Lipinski definition) is 2. The molecule has 0 amide bonds. The summed E-state index contributed by atoms with van der Waals surface area (Å²) in [6, 6.07) is 0.